The van der Waals surface area contributed by atoms with Gasteiger partial charge < -0.3 is 4.90 Å². The van der Waals surface area contributed by atoms with Crippen LogP contribution in [0, 0.1) is 17.6 Å². The highest BCUT2D eigenvalue weighted by Crippen LogP contribution is 2.28. The van der Waals surface area contributed by atoms with Crippen LogP contribution in [0.4, 0.5) is 13.2 Å². The Labute approximate surface area is 186 Å². The molecule has 1 saturated heterocycles. The van der Waals surface area contributed by atoms with Gasteiger partial charge in [0.15, 0.2) is 0 Å². The molecule has 3 atom stereocenters. The number of nitrogens with zero attached hydrogens (tertiary/aromatic N) is 1. The maximum Gasteiger partial charge on any atom is 0.210 e. The lowest BCUT2D eigenvalue weighted by molar-refractivity contribution is -0.119. The van der Waals surface area contributed by atoms with Gasteiger partial charge in [0.25, 0.3) is 0 Å². The van der Waals surface area contributed by atoms with E-state index in [-0.39, 0.29) is 18.2 Å². The fraction of sp³-hybridized carbons (Fsp3) is 0.458. The van der Waals surface area contributed by atoms with Crippen LogP contribution in [0.1, 0.15) is 32.3 Å². The molecule has 1 amide bonds. The van der Waals surface area contributed by atoms with Crippen LogP contribution in [0.15, 0.2) is 42.5 Å². The molecule has 2 aromatic carbocycles. The monoisotopic (exact) mass is 450 g/mol. The summed E-state index contributed by atoms with van der Waals surface area (Å²) in [5.41, 5.74) is 1.55. The summed E-state index contributed by atoms with van der Waals surface area (Å²) in [6, 6.07) is 9.57. The molecule has 7 heteroatoms. The standard InChI is InChI=1S/C20H21F3N2OS.C4H8/c1-2-27-24-20-18(23)11-25(12-26)19(20)9-13-4-3-5-14(8-13)16-10-15(21)6-7-17(16)22;1-4-2-3-4/h3-8,10,12,18-20,24H,2,9,11H2,1H3;4H,2-3H2,1H3. The molecule has 1 heterocycles. The maximum absolute atomic E-state index is 14.4. The third kappa shape index (κ3) is 6.50. The highest BCUT2D eigenvalue weighted by Gasteiger charge is 2.41. The van der Waals surface area contributed by atoms with Crippen molar-refractivity contribution in [3.8, 4) is 11.1 Å². The Morgan fingerprint density at radius 3 is 2.58 bits per heavy atom. The second kappa shape index (κ2) is 11.0. The number of alkyl halides is 1. The van der Waals surface area contributed by atoms with E-state index in [1.165, 1.54) is 29.7 Å². The predicted octanol–water partition coefficient (Wildman–Crippen LogP) is 5.40. The molecule has 2 fully saturated rings. The molecule has 4 rings (SSSR count). The van der Waals surface area contributed by atoms with E-state index in [1.807, 2.05) is 13.0 Å². The highest BCUT2D eigenvalue weighted by molar-refractivity contribution is 7.97. The van der Waals surface area contributed by atoms with E-state index in [0.717, 1.165) is 35.4 Å². The molecule has 0 radical (unpaired) electrons. The van der Waals surface area contributed by atoms with E-state index in [4.69, 9.17) is 0 Å². The molecule has 31 heavy (non-hydrogen) atoms. The predicted molar refractivity (Wildman–Crippen MR) is 120 cm³/mol. The molecule has 0 bridgehead atoms. The minimum atomic E-state index is -1.15. The Bertz CT molecular complexity index is 878. The van der Waals surface area contributed by atoms with Crippen LogP contribution in [0.2, 0.25) is 0 Å². The summed E-state index contributed by atoms with van der Waals surface area (Å²) in [6.45, 7) is 4.29. The Hall–Kier alpha value is -1.99. The first kappa shape index (κ1) is 23.7. The minimum Gasteiger partial charge on any atom is -0.337 e. The van der Waals surface area contributed by atoms with Gasteiger partial charge in [-0.2, -0.15) is 0 Å². The molecule has 3 unspecified atom stereocenters. The lowest BCUT2D eigenvalue weighted by Crippen LogP contribution is -2.43. The second-order valence-electron chi connectivity index (χ2n) is 8.17. The van der Waals surface area contributed by atoms with E-state index in [2.05, 4.69) is 11.6 Å². The van der Waals surface area contributed by atoms with Crippen molar-refractivity contribution in [1.82, 2.24) is 9.62 Å². The third-order valence-corrected chi connectivity index (χ3v) is 6.32. The fourth-order valence-corrected chi connectivity index (χ4v) is 4.25. The number of halogens is 3. The number of carbonyl (C=O) groups is 1. The first-order chi connectivity index (χ1) is 14.9. The topological polar surface area (TPSA) is 32.3 Å². The average molecular weight is 451 g/mol. The van der Waals surface area contributed by atoms with Crippen molar-refractivity contribution in [2.75, 3.05) is 12.3 Å². The molecule has 0 aromatic heterocycles. The van der Waals surface area contributed by atoms with Gasteiger partial charge >= 0.3 is 0 Å². The molecule has 1 N–H and O–H groups in total. The Kier molecular flexibility index (Phi) is 8.43. The van der Waals surface area contributed by atoms with Gasteiger partial charge in [0.1, 0.15) is 17.8 Å². The van der Waals surface area contributed by atoms with E-state index in [9.17, 15) is 18.0 Å². The number of benzene rings is 2. The van der Waals surface area contributed by atoms with Crippen LogP contribution >= 0.6 is 11.9 Å². The molecule has 2 aromatic rings. The van der Waals surface area contributed by atoms with Gasteiger partial charge in [0.2, 0.25) is 6.41 Å². The number of amides is 1. The maximum atomic E-state index is 14.4. The SMILES string of the molecule is CC1CC1.CCSNC1C(F)CN(C=O)C1Cc1cccc(-c2cc(F)ccc2F)c1. The van der Waals surface area contributed by atoms with Gasteiger partial charge in [-0.3, -0.25) is 9.52 Å². The smallest absolute Gasteiger partial charge is 0.210 e. The first-order valence-corrected chi connectivity index (χ1v) is 11.7. The van der Waals surface area contributed by atoms with E-state index in [1.54, 1.807) is 18.2 Å². The summed E-state index contributed by atoms with van der Waals surface area (Å²) in [5, 5.41) is 0. The summed E-state index contributed by atoms with van der Waals surface area (Å²) in [7, 11) is 0. The number of likely N-dealkylation sites (tertiary alicyclic amines) is 1. The van der Waals surface area contributed by atoms with Gasteiger partial charge in [-0.05, 0) is 41.7 Å². The van der Waals surface area contributed by atoms with Gasteiger partial charge in [-0.1, -0.05) is 62.9 Å². The van der Waals surface area contributed by atoms with Gasteiger partial charge in [0, 0.05) is 11.3 Å². The molecule has 2 aliphatic rings. The minimum absolute atomic E-state index is 0.0499. The van der Waals surface area contributed by atoms with Crippen LogP contribution in [0.25, 0.3) is 11.1 Å². The van der Waals surface area contributed by atoms with Crippen molar-refractivity contribution in [2.45, 2.75) is 51.4 Å². The van der Waals surface area contributed by atoms with Gasteiger partial charge in [0.05, 0.1) is 18.6 Å². The number of nitrogens with one attached hydrogen (secondary N) is 1. The van der Waals surface area contributed by atoms with Crippen LogP contribution in [0.3, 0.4) is 0 Å². The van der Waals surface area contributed by atoms with Crippen molar-refractivity contribution in [3.63, 3.8) is 0 Å². The van der Waals surface area contributed by atoms with Crippen molar-refractivity contribution in [1.29, 1.82) is 0 Å². The van der Waals surface area contributed by atoms with Gasteiger partial charge in [-0.15, -0.1) is 0 Å². The van der Waals surface area contributed by atoms with E-state index in [0.29, 0.717) is 18.4 Å². The summed E-state index contributed by atoms with van der Waals surface area (Å²) in [4.78, 5) is 12.8. The van der Waals surface area contributed by atoms with E-state index >= 15 is 0 Å². The van der Waals surface area contributed by atoms with Crippen LogP contribution in [0.5, 0.6) is 0 Å². The zero-order valence-electron chi connectivity index (χ0n) is 17.9. The Morgan fingerprint density at radius 2 is 1.94 bits per heavy atom. The normalized spacial score (nSPS) is 22.7. The molecule has 1 aliphatic carbocycles. The first-order valence-electron chi connectivity index (χ1n) is 10.7. The molecule has 1 aliphatic heterocycles. The van der Waals surface area contributed by atoms with Crippen molar-refractivity contribution < 1.29 is 18.0 Å². The van der Waals surface area contributed by atoms with Crippen molar-refractivity contribution in [2.24, 2.45) is 5.92 Å². The fourth-order valence-electron chi connectivity index (χ4n) is 3.59. The average Bonchev–Trinajstić information content (AvgIpc) is 3.49. The molecule has 3 nitrogen and oxygen atoms in total. The number of rotatable bonds is 7. The zero-order valence-corrected chi connectivity index (χ0v) is 18.7. The number of hydrogen-bond acceptors (Lipinski definition) is 3. The summed E-state index contributed by atoms with van der Waals surface area (Å²) >= 11 is 1.42. The summed E-state index contributed by atoms with van der Waals surface area (Å²) in [5.74, 6) is 0.846. The summed E-state index contributed by atoms with van der Waals surface area (Å²) in [6.07, 6.45) is 2.92. The number of hydrogen-bond donors (Lipinski definition) is 1. The van der Waals surface area contributed by atoms with E-state index < -0.39 is 23.8 Å². The highest BCUT2D eigenvalue weighted by atomic mass is 32.2. The van der Waals surface area contributed by atoms with Crippen LogP contribution in [-0.4, -0.2) is 41.9 Å². The lowest BCUT2D eigenvalue weighted by Gasteiger charge is -2.25. The van der Waals surface area contributed by atoms with Gasteiger partial charge in [-0.25, -0.2) is 13.2 Å². The molecule has 168 valence electrons. The molecule has 0 spiro atoms. The quantitative estimate of drug-likeness (QED) is 0.453. The largest absolute Gasteiger partial charge is 0.337 e. The van der Waals surface area contributed by atoms with Crippen molar-refractivity contribution in [3.05, 3.63) is 59.7 Å². The molecule has 1 saturated carbocycles. The summed E-state index contributed by atoms with van der Waals surface area (Å²) < 4.78 is 45.1. The lowest BCUT2D eigenvalue weighted by atomic mass is 9.96. The third-order valence-electron chi connectivity index (χ3n) is 5.59. The Morgan fingerprint density at radius 1 is 1.19 bits per heavy atom. The molecular formula is C24H29F3N2OS. The number of carbonyl (C=O) groups excluding carboxylic acids is 1. The zero-order chi connectivity index (χ0) is 22.4. The van der Waals surface area contributed by atoms with Crippen LogP contribution in [-0.2, 0) is 11.2 Å². The van der Waals surface area contributed by atoms with Crippen LogP contribution < -0.4 is 4.72 Å². The Balaban J connectivity index is 0.000000610. The molecular weight excluding hydrogens is 421 g/mol. The second-order valence-corrected chi connectivity index (χ2v) is 9.28. The van der Waals surface area contributed by atoms with Crippen molar-refractivity contribution >= 4 is 18.4 Å².